The molecular formula is C14H22BrN3. The molecule has 1 aromatic rings. The fourth-order valence-corrected chi connectivity index (χ4v) is 3.43. The summed E-state index contributed by atoms with van der Waals surface area (Å²) < 4.78 is 1.10. The molecule has 0 radical (unpaired) electrons. The Morgan fingerprint density at radius 2 is 2.11 bits per heavy atom. The maximum Gasteiger partial charge on any atom is 0.0512 e. The average molecular weight is 312 g/mol. The number of likely N-dealkylation sites (N-methyl/N-ethyl adjacent to an activating group) is 1. The topological polar surface area (TPSA) is 32.5 Å². The molecule has 2 N–H and O–H groups in total. The van der Waals surface area contributed by atoms with Gasteiger partial charge in [0.1, 0.15) is 0 Å². The van der Waals surface area contributed by atoms with Crippen LogP contribution in [0.2, 0.25) is 0 Å². The summed E-state index contributed by atoms with van der Waals surface area (Å²) in [4.78, 5) is 5.00. The highest BCUT2D eigenvalue weighted by molar-refractivity contribution is 9.10. The van der Waals surface area contributed by atoms with E-state index in [-0.39, 0.29) is 0 Å². The molecule has 1 unspecified atom stereocenters. The van der Waals surface area contributed by atoms with Crippen molar-refractivity contribution in [2.45, 2.75) is 26.3 Å². The smallest absolute Gasteiger partial charge is 0.0512 e. The third-order valence-corrected chi connectivity index (χ3v) is 4.44. The number of nitrogen functional groups attached to an aromatic ring is 1. The first-order valence-corrected chi connectivity index (χ1v) is 7.49. The van der Waals surface area contributed by atoms with Gasteiger partial charge >= 0.3 is 0 Å². The molecule has 1 fully saturated rings. The maximum atomic E-state index is 5.79. The first kappa shape index (κ1) is 13.7. The third kappa shape index (κ3) is 2.81. The van der Waals surface area contributed by atoms with Crippen LogP contribution in [0.4, 0.5) is 11.4 Å². The molecule has 1 heterocycles. The molecule has 1 saturated heterocycles. The fourth-order valence-electron chi connectivity index (χ4n) is 2.78. The van der Waals surface area contributed by atoms with E-state index in [1.165, 1.54) is 12.1 Å². The van der Waals surface area contributed by atoms with Gasteiger partial charge < -0.3 is 10.6 Å². The van der Waals surface area contributed by atoms with Crippen LogP contribution in [-0.2, 0) is 0 Å². The Hall–Kier alpha value is -0.740. The molecule has 1 aliphatic rings. The molecule has 4 heteroatoms. The lowest BCUT2D eigenvalue weighted by Gasteiger charge is -2.27. The quantitative estimate of drug-likeness (QED) is 0.868. The second kappa shape index (κ2) is 5.93. The summed E-state index contributed by atoms with van der Waals surface area (Å²) in [5, 5.41) is 0. The van der Waals surface area contributed by atoms with E-state index >= 15 is 0 Å². The number of hydrogen-bond acceptors (Lipinski definition) is 3. The first-order chi connectivity index (χ1) is 8.65. The second-order valence-corrected chi connectivity index (χ2v) is 5.67. The zero-order valence-electron chi connectivity index (χ0n) is 11.2. The Labute approximate surface area is 118 Å². The van der Waals surface area contributed by atoms with Crippen molar-refractivity contribution in [3.8, 4) is 0 Å². The summed E-state index contributed by atoms with van der Waals surface area (Å²) in [6, 6.07) is 6.76. The van der Waals surface area contributed by atoms with Crippen molar-refractivity contribution in [1.29, 1.82) is 0 Å². The van der Waals surface area contributed by atoms with Crippen molar-refractivity contribution in [3.63, 3.8) is 0 Å². The molecule has 2 rings (SSSR count). The van der Waals surface area contributed by atoms with Crippen LogP contribution < -0.4 is 10.6 Å². The van der Waals surface area contributed by atoms with Gasteiger partial charge in [-0.1, -0.05) is 13.8 Å². The van der Waals surface area contributed by atoms with Gasteiger partial charge in [0.05, 0.1) is 5.69 Å². The Balaban J connectivity index is 2.08. The third-order valence-electron chi connectivity index (χ3n) is 3.80. The second-order valence-electron chi connectivity index (χ2n) is 4.82. The molecule has 100 valence electrons. The highest BCUT2D eigenvalue weighted by atomic mass is 79.9. The number of nitrogens with zero attached hydrogens (tertiary/aromatic N) is 2. The van der Waals surface area contributed by atoms with Crippen LogP contribution in [0.5, 0.6) is 0 Å². The van der Waals surface area contributed by atoms with E-state index in [1.807, 2.05) is 12.1 Å². The van der Waals surface area contributed by atoms with Gasteiger partial charge in [-0.25, -0.2) is 0 Å². The Morgan fingerprint density at radius 1 is 1.39 bits per heavy atom. The number of halogens is 1. The molecule has 1 aromatic carbocycles. The highest BCUT2D eigenvalue weighted by Gasteiger charge is 2.27. The molecule has 0 spiro atoms. The monoisotopic (exact) mass is 311 g/mol. The molecule has 0 bridgehead atoms. The van der Waals surface area contributed by atoms with Crippen molar-refractivity contribution in [1.82, 2.24) is 4.90 Å². The molecule has 1 aliphatic heterocycles. The van der Waals surface area contributed by atoms with Crippen LogP contribution in [-0.4, -0.2) is 37.1 Å². The van der Waals surface area contributed by atoms with E-state index in [4.69, 9.17) is 5.73 Å². The van der Waals surface area contributed by atoms with E-state index in [0.29, 0.717) is 6.04 Å². The molecule has 0 aliphatic carbocycles. The van der Waals surface area contributed by atoms with E-state index in [2.05, 4.69) is 45.6 Å². The summed E-state index contributed by atoms with van der Waals surface area (Å²) >= 11 is 3.61. The summed E-state index contributed by atoms with van der Waals surface area (Å²) in [7, 11) is 0. The Bertz CT molecular complexity index is 404. The molecule has 3 nitrogen and oxygen atoms in total. The van der Waals surface area contributed by atoms with Gasteiger partial charge in [-0.3, -0.25) is 4.90 Å². The molecule has 0 saturated carbocycles. The number of hydrogen-bond donors (Lipinski definition) is 1. The molecular weight excluding hydrogens is 290 g/mol. The summed E-state index contributed by atoms with van der Waals surface area (Å²) in [6.45, 7) is 9.00. The maximum absolute atomic E-state index is 5.79. The van der Waals surface area contributed by atoms with Crippen LogP contribution in [0.25, 0.3) is 0 Å². The molecule has 18 heavy (non-hydrogen) atoms. The zero-order chi connectivity index (χ0) is 13.1. The van der Waals surface area contributed by atoms with Crippen molar-refractivity contribution >= 4 is 27.3 Å². The van der Waals surface area contributed by atoms with Gasteiger partial charge in [0, 0.05) is 29.3 Å². The van der Waals surface area contributed by atoms with Crippen molar-refractivity contribution < 1.29 is 0 Å². The minimum Gasteiger partial charge on any atom is -0.399 e. The van der Waals surface area contributed by atoms with Gasteiger partial charge in [0.25, 0.3) is 0 Å². The van der Waals surface area contributed by atoms with E-state index in [9.17, 15) is 0 Å². The minimum atomic E-state index is 0.685. The van der Waals surface area contributed by atoms with E-state index < -0.39 is 0 Å². The predicted octanol–water partition coefficient (Wildman–Crippen LogP) is 2.95. The number of anilines is 2. The van der Waals surface area contributed by atoms with Gasteiger partial charge in [-0.2, -0.15) is 0 Å². The number of nitrogens with two attached hydrogens (primary N) is 1. The van der Waals surface area contributed by atoms with Gasteiger partial charge in [0.2, 0.25) is 0 Å². The average Bonchev–Trinajstić information content (AvgIpc) is 2.80. The van der Waals surface area contributed by atoms with Gasteiger partial charge in [-0.05, 0) is 53.6 Å². The largest absolute Gasteiger partial charge is 0.399 e. The molecule has 0 amide bonds. The van der Waals surface area contributed by atoms with Gasteiger partial charge in [-0.15, -0.1) is 0 Å². The lowest BCUT2D eigenvalue weighted by Crippen LogP contribution is -2.37. The minimum absolute atomic E-state index is 0.685. The standard InChI is InChI=1S/C14H22BrN3/c1-3-17(4-2)12-7-8-18(10-12)14-6-5-11(16)9-13(14)15/h5-6,9,12H,3-4,7-8,10,16H2,1-2H3. The van der Waals surface area contributed by atoms with Gasteiger partial charge in [0.15, 0.2) is 0 Å². The van der Waals surface area contributed by atoms with Crippen molar-refractivity contribution in [2.24, 2.45) is 0 Å². The predicted molar refractivity (Wildman–Crippen MR) is 82.1 cm³/mol. The summed E-state index contributed by atoms with van der Waals surface area (Å²) in [6.07, 6.45) is 1.25. The lowest BCUT2D eigenvalue weighted by molar-refractivity contribution is 0.232. The first-order valence-electron chi connectivity index (χ1n) is 6.69. The van der Waals surface area contributed by atoms with Crippen LogP contribution in [0.3, 0.4) is 0 Å². The highest BCUT2D eigenvalue weighted by Crippen LogP contribution is 2.31. The van der Waals surface area contributed by atoms with E-state index in [0.717, 1.165) is 36.3 Å². The number of benzene rings is 1. The molecule has 1 atom stereocenters. The molecule has 0 aromatic heterocycles. The van der Waals surface area contributed by atoms with Crippen molar-refractivity contribution in [3.05, 3.63) is 22.7 Å². The van der Waals surface area contributed by atoms with Crippen LogP contribution >= 0.6 is 15.9 Å². The van der Waals surface area contributed by atoms with Crippen molar-refractivity contribution in [2.75, 3.05) is 36.8 Å². The number of rotatable bonds is 4. The summed E-state index contributed by atoms with van der Waals surface area (Å²) in [5.74, 6) is 0. The fraction of sp³-hybridized carbons (Fsp3) is 0.571. The summed E-state index contributed by atoms with van der Waals surface area (Å²) in [5.41, 5.74) is 7.86. The van der Waals surface area contributed by atoms with Crippen LogP contribution in [0.1, 0.15) is 20.3 Å². The Morgan fingerprint density at radius 3 is 2.72 bits per heavy atom. The SMILES string of the molecule is CCN(CC)C1CCN(c2ccc(N)cc2Br)C1. The van der Waals surface area contributed by atoms with Crippen LogP contribution in [0.15, 0.2) is 22.7 Å². The van der Waals surface area contributed by atoms with Crippen LogP contribution in [0, 0.1) is 0 Å². The Kier molecular flexibility index (Phi) is 4.51. The lowest BCUT2D eigenvalue weighted by atomic mass is 10.2. The van der Waals surface area contributed by atoms with E-state index in [1.54, 1.807) is 0 Å². The zero-order valence-corrected chi connectivity index (χ0v) is 12.8. The normalized spacial score (nSPS) is 19.8.